The Hall–Kier alpha value is -1.93. The molecule has 2 aromatic rings. The predicted molar refractivity (Wildman–Crippen MR) is 109 cm³/mol. The maximum absolute atomic E-state index is 13.4. The van der Waals surface area contributed by atoms with E-state index in [1.807, 2.05) is 0 Å². The number of anilines is 1. The Morgan fingerprint density at radius 1 is 1.11 bits per heavy atom. The van der Waals surface area contributed by atoms with Crippen molar-refractivity contribution in [2.24, 2.45) is 11.6 Å². The Morgan fingerprint density at radius 3 is 2.33 bits per heavy atom. The van der Waals surface area contributed by atoms with Crippen LogP contribution in [-0.4, -0.2) is 43.1 Å². The smallest absolute Gasteiger partial charge is 0.243 e. The zero-order valence-electron chi connectivity index (χ0n) is 21.7. The number of nitrogens with zero attached hydrogens (tertiary/aromatic N) is 1. The molecule has 0 unspecified atom stereocenters. The highest BCUT2D eigenvalue weighted by Gasteiger charge is 2.29. The first kappa shape index (κ1) is 13.3. The highest BCUT2D eigenvalue weighted by Crippen LogP contribution is 2.19. The van der Waals surface area contributed by atoms with Gasteiger partial charge in [-0.2, -0.15) is 4.31 Å². The van der Waals surface area contributed by atoms with E-state index in [4.69, 9.17) is 21.1 Å². The van der Waals surface area contributed by atoms with Crippen molar-refractivity contribution in [2.75, 3.05) is 18.8 Å². The zero-order chi connectivity index (χ0) is 25.9. The first-order valence-corrected chi connectivity index (χ1v) is 9.76. The van der Waals surface area contributed by atoms with Crippen LogP contribution < -0.4 is 11.5 Å². The van der Waals surface area contributed by atoms with Crippen molar-refractivity contribution in [3.8, 4) is 0 Å². The number of hydrogen-bond acceptors (Lipinski definition) is 5. The lowest BCUT2D eigenvalue weighted by Crippen LogP contribution is -2.47. The van der Waals surface area contributed by atoms with Crippen molar-refractivity contribution in [1.82, 2.24) is 4.31 Å². The van der Waals surface area contributed by atoms with Gasteiger partial charge in [0.2, 0.25) is 10.0 Å². The van der Waals surface area contributed by atoms with E-state index < -0.39 is 54.9 Å². The quantitative estimate of drug-likeness (QED) is 0.558. The van der Waals surface area contributed by atoms with E-state index >= 15 is 0 Å². The van der Waals surface area contributed by atoms with E-state index in [1.54, 1.807) is 30.3 Å². The van der Waals surface area contributed by atoms with Gasteiger partial charge in [0.05, 0.1) is 11.0 Å². The third kappa shape index (κ3) is 6.04. The van der Waals surface area contributed by atoms with Gasteiger partial charge in [-0.25, -0.2) is 8.42 Å². The monoisotopic (exact) mass is 398 g/mol. The number of aliphatic hydroxyl groups excluding tert-OH is 1. The van der Waals surface area contributed by atoms with Gasteiger partial charge in [-0.05, 0) is 42.1 Å². The number of sulfonamides is 1. The van der Waals surface area contributed by atoms with Gasteiger partial charge in [0.15, 0.2) is 0 Å². The molecule has 0 aromatic heterocycles. The molecule has 0 fully saturated rings. The van der Waals surface area contributed by atoms with Crippen LogP contribution >= 0.6 is 0 Å². The standard InChI is InChI=1S/C20H29N3O3S/c1-15(2)13-23(27(25,26)18-10-8-17(21)9-11-18)14-20(24)19(22)12-16-6-4-3-5-7-16/h3-11,15,19-20,24H,12-14,21-22H2,1-2H3/t19-,20+/m0/s1/i1D3,2D3,15D. The van der Waals surface area contributed by atoms with Crippen LogP contribution in [0.15, 0.2) is 59.5 Å². The Balaban J connectivity index is 2.45. The second kappa shape index (κ2) is 9.32. The lowest BCUT2D eigenvalue weighted by Gasteiger charge is -2.28. The number of aliphatic hydroxyl groups is 1. The molecular weight excluding hydrogens is 362 g/mol. The fourth-order valence-electron chi connectivity index (χ4n) is 2.58. The molecule has 7 heteroatoms. The maximum Gasteiger partial charge on any atom is 0.243 e. The van der Waals surface area contributed by atoms with Gasteiger partial charge in [0.1, 0.15) is 0 Å². The largest absolute Gasteiger partial charge is 0.399 e. The Morgan fingerprint density at radius 2 is 1.74 bits per heavy atom. The second-order valence-electron chi connectivity index (χ2n) is 6.27. The molecule has 6 nitrogen and oxygen atoms in total. The molecule has 0 saturated heterocycles. The maximum atomic E-state index is 13.4. The Labute approximate surface area is 171 Å². The van der Waals surface area contributed by atoms with Gasteiger partial charge in [-0.15, -0.1) is 0 Å². The minimum Gasteiger partial charge on any atom is -0.399 e. The molecule has 0 spiro atoms. The van der Waals surface area contributed by atoms with Gasteiger partial charge in [-0.3, -0.25) is 0 Å². The van der Waals surface area contributed by atoms with E-state index in [9.17, 15) is 13.5 Å². The molecule has 0 radical (unpaired) electrons. The molecular formula is C20H29N3O3S. The van der Waals surface area contributed by atoms with Crippen molar-refractivity contribution in [3.63, 3.8) is 0 Å². The van der Waals surface area contributed by atoms with Crippen molar-refractivity contribution >= 4 is 15.7 Å². The summed E-state index contributed by atoms with van der Waals surface area (Å²) in [6, 6.07) is 12.9. The summed E-state index contributed by atoms with van der Waals surface area (Å²) in [4.78, 5) is -0.302. The molecule has 0 bridgehead atoms. The van der Waals surface area contributed by atoms with E-state index in [0.29, 0.717) is 4.31 Å². The Bertz CT molecular complexity index is 1030. The molecule has 0 heterocycles. The summed E-state index contributed by atoms with van der Waals surface area (Å²) in [5.74, 6) is -3.16. The summed E-state index contributed by atoms with van der Waals surface area (Å²) in [5, 5.41) is 10.7. The molecule has 27 heavy (non-hydrogen) atoms. The lowest BCUT2D eigenvalue weighted by atomic mass is 10.0. The molecule has 0 saturated carbocycles. The topological polar surface area (TPSA) is 110 Å². The lowest BCUT2D eigenvalue weighted by molar-refractivity contribution is 0.116. The third-order valence-electron chi connectivity index (χ3n) is 4.05. The van der Waals surface area contributed by atoms with Crippen LogP contribution in [0.5, 0.6) is 0 Å². The highest BCUT2D eigenvalue weighted by molar-refractivity contribution is 7.89. The van der Waals surface area contributed by atoms with Crippen LogP contribution in [0.4, 0.5) is 5.69 Å². The summed E-state index contributed by atoms with van der Waals surface area (Å²) >= 11 is 0. The van der Waals surface area contributed by atoms with E-state index in [-0.39, 0.29) is 17.0 Å². The average Bonchev–Trinajstić information content (AvgIpc) is 2.72. The molecule has 2 rings (SSSR count). The summed E-state index contributed by atoms with van der Waals surface area (Å²) in [6.45, 7) is -8.65. The van der Waals surface area contributed by atoms with Crippen molar-refractivity contribution in [2.45, 2.75) is 37.2 Å². The van der Waals surface area contributed by atoms with Gasteiger partial charge in [0.25, 0.3) is 0 Å². The van der Waals surface area contributed by atoms with Gasteiger partial charge in [0, 0.05) is 34.4 Å². The summed E-state index contributed by atoms with van der Waals surface area (Å²) in [6.07, 6.45) is -1.30. The SMILES string of the molecule is [2H]C([2H])([2H])C([2H])(CN(C[C@@H](O)[C@@H](N)Cc1ccccc1)S(=O)(=O)c1ccc(N)cc1)C([2H])([2H])[2H]. The molecule has 2 aromatic carbocycles. The fraction of sp³-hybridized carbons (Fsp3) is 0.400. The van der Waals surface area contributed by atoms with Crippen LogP contribution in [0.3, 0.4) is 0 Å². The van der Waals surface area contributed by atoms with Crippen molar-refractivity contribution in [3.05, 3.63) is 60.2 Å². The van der Waals surface area contributed by atoms with E-state index in [2.05, 4.69) is 0 Å². The second-order valence-corrected chi connectivity index (χ2v) is 8.20. The normalized spacial score (nSPS) is 19.6. The van der Waals surface area contributed by atoms with Gasteiger partial charge < -0.3 is 16.6 Å². The first-order chi connectivity index (χ1) is 15.5. The number of nitrogens with two attached hydrogens (primary N) is 2. The van der Waals surface area contributed by atoms with Crippen LogP contribution in [0.1, 0.15) is 28.9 Å². The predicted octanol–water partition coefficient (Wildman–Crippen LogP) is 1.85. The van der Waals surface area contributed by atoms with E-state index in [0.717, 1.165) is 5.56 Å². The summed E-state index contributed by atoms with van der Waals surface area (Å²) in [7, 11) is -4.53. The molecule has 5 N–H and O–H groups in total. The summed E-state index contributed by atoms with van der Waals surface area (Å²) in [5.41, 5.74) is 12.7. The van der Waals surface area contributed by atoms with Crippen molar-refractivity contribution < 1.29 is 23.1 Å². The van der Waals surface area contributed by atoms with Crippen molar-refractivity contribution in [1.29, 1.82) is 0 Å². The van der Waals surface area contributed by atoms with E-state index in [1.165, 1.54) is 24.3 Å². The number of nitrogen functional groups attached to an aromatic ring is 1. The molecule has 2 atom stereocenters. The molecule has 0 aliphatic carbocycles. The van der Waals surface area contributed by atoms with Crippen LogP contribution in [0, 0.1) is 5.89 Å². The first-order valence-electron chi connectivity index (χ1n) is 11.8. The molecule has 0 aliphatic rings. The number of rotatable bonds is 9. The minimum absolute atomic E-state index is 0.183. The average molecular weight is 399 g/mol. The van der Waals surface area contributed by atoms with Crippen LogP contribution in [-0.2, 0) is 16.4 Å². The zero-order valence-corrected chi connectivity index (χ0v) is 15.6. The fourth-order valence-corrected chi connectivity index (χ4v) is 4.01. The minimum atomic E-state index is -4.53. The third-order valence-corrected chi connectivity index (χ3v) is 5.88. The Kier molecular flexibility index (Phi) is 4.59. The number of benzene rings is 2. The highest BCUT2D eigenvalue weighted by atomic mass is 32.2. The number of hydrogen-bond donors (Lipinski definition) is 3. The molecule has 148 valence electrons. The van der Waals surface area contributed by atoms with Gasteiger partial charge >= 0.3 is 0 Å². The van der Waals surface area contributed by atoms with Gasteiger partial charge in [-0.1, -0.05) is 44.0 Å². The summed E-state index contributed by atoms with van der Waals surface area (Å²) < 4.78 is 81.4. The molecule has 0 aliphatic heterocycles. The van der Waals surface area contributed by atoms with Crippen LogP contribution in [0.2, 0.25) is 0 Å². The molecule has 0 amide bonds. The van der Waals surface area contributed by atoms with Crippen LogP contribution in [0.25, 0.3) is 0 Å².